The predicted octanol–water partition coefficient (Wildman–Crippen LogP) is 2.77. The van der Waals surface area contributed by atoms with Crippen LogP contribution < -0.4 is 4.72 Å². The highest BCUT2D eigenvalue weighted by atomic mass is 32.2. The first-order chi connectivity index (χ1) is 10.3. The average Bonchev–Trinajstić information content (AvgIpc) is 2.34. The van der Waals surface area contributed by atoms with Gasteiger partial charge in [0.05, 0.1) is 11.3 Å². The second kappa shape index (κ2) is 6.88. The maximum atomic E-state index is 12.6. The summed E-state index contributed by atoms with van der Waals surface area (Å²) >= 11 is 0. The van der Waals surface area contributed by atoms with E-state index in [0.29, 0.717) is 0 Å². The molecule has 0 saturated carbocycles. The van der Waals surface area contributed by atoms with Crippen molar-refractivity contribution in [1.29, 1.82) is 0 Å². The van der Waals surface area contributed by atoms with Gasteiger partial charge in [0.1, 0.15) is 0 Å². The third-order valence-electron chi connectivity index (χ3n) is 3.01. The summed E-state index contributed by atoms with van der Waals surface area (Å²) in [5.74, 6) is -1.68. The summed E-state index contributed by atoms with van der Waals surface area (Å²) in [7, 11) is -3.91. The molecule has 0 radical (unpaired) electrons. The number of aliphatic carboxylic acids is 1. The SMILES string of the molecule is CC(C)(CCC(=O)O)NS(=O)(=O)Cc1cccc(C(F)(F)F)c1. The number of hydrogen-bond donors (Lipinski definition) is 2. The van der Waals surface area contributed by atoms with E-state index >= 15 is 0 Å². The van der Waals surface area contributed by atoms with E-state index < -0.39 is 39.0 Å². The zero-order valence-corrected chi connectivity index (χ0v) is 13.5. The lowest BCUT2D eigenvalue weighted by Gasteiger charge is -2.25. The molecule has 0 aliphatic rings. The van der Waals surface area contributed by atoms with Crippen LogP contribution >= 0.6 is 0 Å². The third kappa shape index (κ3) is 7.00. The zero-order valence-electron chi connectivity index (χ0n) is 12.6. The fourth-order valence-corrected chi connectivity index (χ4v) is 3.62. The maximum Gasteiger partial charge on any atom is 0.416 e. The minimum atomic E-state index is -4.55. The number of alkyl halides is 3. The average molecular weight is 353 g/mol. The molecule has 0 atom stereocenters. The third-order valence-corrected chi connectivity index (χ3v) is 4.58. The Bertz CT molecular complexity index is 669. The molecule has 1 rings (SSSR count). The van der Waals surface area contributed by atoms with Crippen LogP contribution in [0.15, 0.2) is 24.3 Å². The van der Waals surface area contributed by atoms with Crippen molar-refractivity contribution in [3.05, 3.63) is 35.4 Å². The van der Waals surface area contributed by atoms with Gasteiger partial charge in [-0.05, 0) is 31.9 Å². The quantitative estimate of drug-likeness (QED) is 0.789. The van der Waals surface area contributed by atoms with Gasteiger partial charge in [-0.3, -0.25) is 4.79 Å². The largest absolute Gasteiger partial charge is 0.481 e. The number of carboxylic acid groups (broad SMARTS) is 1. The van der Waals surface area contributed by atoms with E-state index in [0.717, 1.165) is 18.2 Å². The van der Waals surface area contributed by atoms with Crippen molar-refractivity contribution in [3.63, 3.8) is 0 Å². The molecule has 1 aromatic rings. The van der Waals surface area contributed by atoms with Crippen molar-refractivity contribution in [2.45, 2.75) is 44.2 Å². The highest BCUT2D eigenvalue weighted by molar-refractivity contribution is 7.88. The van der Waals surface area contributed by atoms with Crippen LogP contribution in [0.2, 0.25) is 0 Å². The summed E-state index contributed by atoms with van der Waals surface area (Å²) in [4.78, 5) is 10.6. The van der Waals surface area contributed by atoms with Gasteiger partial charge in [0.2, 0.25) is 10.0 Å². The highest BCUT2D eigenvalue weighted by Crippen LogP contribution is 2.29. The lowest BCUT2D eigenvalue weighted by atomic mass is 10.0. The van der Waals surface area contributed by atoms with Gasteiger partial charge in [0.25, 0.3) is 0 Å². The second-order valence-corrected chi connectivity index (χ2v) is 7.56. The molecular weight excluding hydrogens is 335 g/mol. The molecule has 0 saturated heterocycles. The van der Waals surface area contributed by atoms with E-state index in [9.17, 15) is 26.4 Å². The van der Waals surface area contributed by atoms with Gasteiger partial charge < -0.3 is 5.11 Å². The lowest BCUT2D eigenvalue weighted by molar-refractivity contribution is -0.138. The Morgan fingerprint density at radius 2 is 1.87 bits per heavy atom. The van der Waals surface area contributed by atoms with Crippen LogP contribution in [0.25, 0.3) is 0 Å². The number of rotatable bonds is 7. The molecule has 0 unspecified atom stereocenters. The Balaban J connectivity index is 2.85. The first-order valence-electron chi connectivity index (χ1n) is 6.70. The van der Waals surface area contributed by atoms with Gasteiger partial charge in [-0.2, -0.15) is 13.2 Å². The van der Waals surface area contributed by atoms with Crippen molar-refractivity contribution in [1.82, 2.24) is 4.72 Å². The Kier molecular flexibility index (Phi) is 5.81. The molecule has 1 aromatic carbocycles. The van der Waals surface area contributed by atoms with E-state index in [-0.39, 0.29) is 18.4 Å². The Morgan fingerprint density at radius 1 is 1.26 bits per heavy atom. The van der Waals surface area contributed by atoms with Crippen LogP contribution in [0.1, 0.15) is 37.8 Å². The van der Waals surface area contributed by atoms with Crippen molar-refractivity contribution in [2.24, 2.45) is 0 Å². The van der Waals surface area contributed by atoms with E-state index in [2.05, 4.69) is 4.72 Å². The molecular formula is C14H18F3NO4S. The molecule has 0 aliphatic carbocycles. The first kappa shape index (κ1) is 19.4. The summed E-state index contributed by atoms with van der Waals surface area (Å²) in [6.07, 6.45) is -4.71. The van der Waals surface area contributed by atoms with Crippen LogP contribution in [-0.4, -0.2) is 25.0 Å². The minimum Gasteiger partial charge on any atom is -0.481 e. The second-order valence-electron chi connectivity index (χ2n) is 5.84. The van der Waals surface area contributed by atoms with Crippen LogP contribution in [0.4, 0.5) is 13.2 Å². The Hall–Kier alpha value is -1.61. The topological polar surface area (TPSA) is 83.5 Å². The molecule has 0 spiro atoms. The normalized spacial score (nSPS) is 13.1. The van der Waals surface area contributed by atoms with Gasteiger partial charge >= 0.3 is 12.1 Å². The van der Waals surface area contributed by atoms with E-state index in [4.69, 9.17) is 5.11 Å². The van der Waals surface area contributed by atoms with Gasteiger partial charge in [-0.15, -0.1) is 0 Å². The molecule has 0 aliphatic heterocycles. The molecule has 23 heavy (non-hydrogen) atoms. The van der Waals surface area contributed by atoms with E-state index in [1.54, 1.807) is 0 Å². The predicted molar refractivity (Wildman–Crippen MR) is 78.2 cm³/mol. The van der Waals surface area contributed by atoms with Gasteiger partial charge in [0.15, 0.2) is 0 Å². The number of carboxylic acids is 1. The molecule has 130 valence electrons. The zero-order chi connectivity index (χ0) is 17.9. The van der Waals surface area contributed by atoms with Crippen LogP contribution in [0, 0.1) is 0 Å². The van der Waals surface area contributed by atoms with E-state index in [1.807, 2.05) is 0 Å². The maximum absolute atomic E-state index is 12.6. The summed E-state index contributed by atoms with van der Waals surface area (Å²) < 4.78 is 64.4. The number of nitrogens with one attached hydrogen (secondary N) is 1. The Morgan fingerprint density at radius 3 is 2.39 bits per heavy atom. The van der Waals surface area contributed by atoms with Crippen molar-refractivity contribution in [3.8, 4) is 0 Å². The molecule has 0 aromatic heterocycles. The summed E-state index contributed by atoms with van der Waals surface area (Å²) in [5, 5.41) is 8.63. The number of hydrogen-bond acceptors (Lipinski definition) is 3. The molecule has 0 fully saturated rings. The number of sulfonamides is 1. The Labute approximate surface area is 132 Å². The number of halogens is 3. The highest BCUT2D eigenvalue weighted by Gasteiger charge is 2.31. The van der Waals surface area contributed by atoms with Crippen LogP contribution in [-0.2, 0) is 26.7 Å². The van der Waals surface area contributed by atoms with Crippen molar-refractivity contribution in [2.75, 3.05) is 0 Å². The number of benzene rings is 1. The van der Waals surface area contributed by atoms with Gasteiger partial charge in [-0.1, -0.05) is 18.2 Å². The molecule has 0 heterocycles. The minimum absolute atomic E-state index is 0.00126. The number of carbonyl (C=O) groups is 1. The first-order valence-corrected chi connectivity index (χ1v) is 8.36. The van der Waals surface area contributed by atoms with Crippen molar-refractivity contribution >= 4 is 16.0 Å². The molecule has 0 amide bonds. The van der Waals surface area contributed by atoms with Crippen LogP contribution in [0.5, 0.6) is 0 Å². The summed E-state index contributed by atoms with van der Waals surface area (Å²) in [6.45, 7) is 3.03. The summed E-state index contributed by atoms with van der Waals surface area (Å²) in [6, 6.07) is 4.08. The van der Waals surface area contributed by atoms with Crippen molar-refractivity contribution < 1.29 is 31.5 Å². The summed E-state index contributed by atoms with van der Waals surface area (Å²) in [5.41, 5.74) is -1.93. The fraction of sp³-hybridized carbons (Fsp3) is 0.500. The fourth-order valence-electron chi connectivity index (χ4n) is 1.98. The van der Waals surface area contributed by atoms with Gasteiger partial charge in [-0.25, -0.2) is 13.1 Å². The lowest BCUT2D eigenvalue weighted by Crippen LogP contribution is -2.44. The monoisotopic (exact) mass is 353 g/mol. The van der Waals surface area contributed by atoms with Crippen LogP contribution in [0.3, 0.4) is 0 Å². The van der Waals surface area contributed by atoms with Gasteiger partial charge in [0, 0.05) is 12.0 Å². The molecule has 5 nitrogen and oxygen atoms in total. The molecule has 9 heteroatoms. The smallest absolute Gasteiger partial charge is 0.416 e. The van der Waals surface area contributed by atoms with E-state index in [1.165, 1.54) is 19.9 Å². The molecule has 0 bridgehead atoms. The molecule has 2 N–H and O–H groups in total. The standard InChI is InChI=1S/C14H18F3NO4S/c1-13(2,7-6-12(19)20)18-23(21,22)9-10-4-3-5-11(8-10)14(15,16)17/h3-5,8,18H,6-7,9H2,1-2H3,(H,19,20).